The van der Waals surface area contributed by atoms with E-state index in [1.807, 2.05) is 31.2 Å². The van der Waals surface area contributed by atoms with Crippen LogP contribution in [0.5, 0.6) is 23.0 Å². The van der Waals surface area contributed by atoms with E-state index in [0.29, 0.717) is 48.3 Å². The summed E-state index contributed by atoms with van der Waals surface area (Å²) in [5.74, 6) is 2.52. The van der Waals surface area contributed by atoms with E-state index >= 15 is 0 Å². The van der Waals surface area contributed by atoms with Crippen LogP contribution in [-0.2, 0) is 6.42 Å². The van der Waals surface area contributed by atoms with Crippen molar-refractivity contribution >= 4 is 11.7 Å². The molecule has 0 atom stereocenters. The molecule has 0 unspecified atom stereocenters. The normalized spacial score (nSPS) is 10.1. The first kappa shape index (κ1) is 20.2. The minimum Gasteiger partial charge on any atom is -0.496 e. The van der Waals surface area contributed by atoms with Crippen LogP contribution in [0.25, 0.3) is 0 Å². The average Bonchev–Trinajstić information content (AvgIpc) is 2.69. The molecule has 2 aromatic rings. The van der Waals surface area contributed by atoms with E-state index in [1.165, 1.54) is 0 Å². The number of ether oxygens (including phenoxy) is 4. The summed E-state index contributed by atoms with van der Waals surface area (Å²) in [6.07, 6.45) is 0.573. The van der Waals surface area contributed by atoms with E-state index in [0.717, 1.165) is 5.56 Å². The monoisotopic (exact) mass is 374 g/mol. The van der Waals surface area contributed by atoms with E-state index in [2.05, 4.69) is 10.6 Å². The molecule has 146 valence electrons. The maximum Gasteiger partial charge on any atom is 0.319 e. The molecule has 2 aromatic carbocycles. The molecule has 0 spiro atoms. The predicted molar refractivity (Wildman–Crippen MR) is 104 cm³/mol. The third kappa shape index (κ3) is 5.44. The number of methoxy groups -OCH3 is 3. The largest absolute Gasteiger partial charge is 0.496 e. The summed E-state index contributed by atoms with van der Waals surface area (Å²) < 4.78 is 21.5. The van der Waals surface area contributed by atoms with Crippen LogP contribution in [0.1, 0.15) is 12.5 Å². The molecule has 27 heavy (non-hydrogen) atoms. The summed E-state index contributed by atoms with van der Waals surface area (Å²) in [5, 5.41) is 5.63. The highest BCUT2D eigenvalue weighted by molar-refractivity contribution is 5.90. The van der Waals surface area contributed by atoms with Gasteiger partial charge in [0, 0.05) is 12.6 Å². The first-order valence-corrected chi connectivity index (χ1v) is 8.68. The Balaban J connectivity index is 1.97. The summed E-state index contributed by atoms with van der Waals surface area (Å²) >= 11 is 0. The number of rotatable bonds is 9. The minimum absolute atomic E-state index is 0.304. The predicted octanol–water partition coefficient (Wildman–Crippen LogP) is 3.48. The van der Waals surface area contributed by atoms with Gasteiger partial charge >= 0.3 is 6.03 Å². The Morgan fingerprint density at radius 2 is 1.59 bits per heavy atom. The highest BCUT2D eigenvalue weighted by Crippen LogP contribution is 2.34. The number of anilines is 1. The van der Waals surface area contributed by atoms with Crippen LogP contribution in [0.4, 0.5) is 10.5 Å². The lowest BCUT2D eigenvalue weighted by molar-refractivity contribution is 0.252. The second-order valence-electron chi connectivity index (χ2n) is 5.58. The van der Waals surface area contributed by atoms with E-state index in [4.69, 9.17) is 18.9 Å². The maximum absolute atomic E-state index is 12.2. The fourth-order valence-electron chi connectivity index (χ4n) is 2.62. The molecule has 7 nitrogen and oxygen atoms in total. The van der Waals surface area contributed by atoms with Gasteiger partial charge in [-0.05, 0) is 37.1 Å². The Morgan fingerprint density at radius 3 is 2.26 bits per heavy atom. The Kier molecular flexibility index (Phi) is 7.61. The Morgan fingerprint density at radius 1 is 0.926 bits per heavy atom. The van der Waals surface area contributed by atoms with E-state index in [-0.39, 0.29) is 6.03 Å². The van der Waals surface area contributed by atoms with Crippen LogP contribution in [-0.4, -0.2) is 40.5 Å². The number of urea groups is 1. The highest BCUT2D eigenvalue weighted by Gasteiger charge is 2.12. The van der Waals surface area contributed by atoms with Gasteiger partial charge in [-0.3, -0.25) is 0 Å². The number of hydrogen-bond acceptors (Lipinski definition) is 5. The van der Waals surface area contributed by atoms with Crippen LogP contribution >= 0.6 is 0 Å². The number of para-hydroxylation sites is 2. The lowest BCUT2D eigenvalue weighted by Gasteiger charge is -2.15. The van der Waals surface area contributed by atoms with Gasteiger partial charge in [-0.15, -0.1) is 0 Å². The van der Waals surface area contributed by atoms with Crippen molar-refractivity contribution in [3.05, 3.63) is 42.0 Å². The first-order chi connectivity index (χ1) is 13.1. The Bertz CT molecular complexity index is 764. The quantitative estimate of drug-likeness (QED) is 0.703. The number of amides is 2. The molecule has 0 aliphatic carbocycles. The number of hydrogen-bond donors (Lipinski definition) is 2. The average molecular weight is 374 g/mol. The van der Waals surface area contributed by atoms with Gasteiger partial charge in [0.05, 0.1) is 33.6 Å². The van der Waals surface area contributed by atoms with Crippen LogP contribution in [0.2, 0.25) is 0 Å². The number of nitrogens with one attached hydrogen (secondary N) is 2. The second kappa shape index (κ2) is 10.2. The SMILES string of the molecule is CCOc1ccccc1NC(=O)NCCc1cc(OC)c(OC)cc1OC. The summed E-state index contributed by atoms with van der Waals surface area (Å²) in [6.45, 7) is 2.85. The first-order valence-electron chi connectivity index (χ1n) is 8.68. The number of carbonyl (C=O) groups is 1. The molecule has 2 amide bonds. The van der Waals surface area contributed by atoms with Crippen molar-refractivity contribution in [2.45, 2.75) is 13.3 Å². The van der Waals surface area contributed by atoms with Crippen molar-refractivity contribution in [3.63, 3.8) is 0 Å². The van der Waals surface area contributed by atoms with Gasteiger partial charge in [0.25, 0.3) is 0 Å². The Labute approximate surface area is 159 Å². The van der Waals surface area contributed by atoms with Crippen LogP contribution in [0, 0.1) is 0 Å². The van der Waals surface area contributed by atoms with Crippen molar-refractivity contribution in [1.82, 2.24) is 5.32 Å². The molecule has 0 aromatic heterocycles. The van der Waals surface area contributed by atoms with Gasteiger partial charge < -0.3 is 29.6 Å². The number of benzene rings is 2. The topological polar surface area (TPSA) is 78.1 Å². The zero-order chi connectivity index (χ0) is 19.6. The lowest BCUT2D eigenvalue weighted by atomic mass is 10.1. The molecular weight excluding hydrogens is 348 g/mol. The molecule has 2 rings (SSSR count). The van der Waals surface area contributed by atoms with Crippen molar-refractivity contribution in [3.8, 4) is 23.0 Å². The minimum atomic E-state index is -0.304. The van der Waals surface area contributed by atoms with Crippen LogP contribution < -0.4 is 29.6 Å². The molecule has 2 N–H and O–H groups in total. The standard InChI is InChI=1S/C20H26N2O5/c1-5-27-16-9-7-6-8-15(16)22-20(23)21-11-10-14-12-18(25-3)19(26-4)13-17(14)24-2/h6-9,12-13H,5,10-11H2,1-4H3,(H2,21,22,23). The lowest BCUT2D eigenvalue weighted by Crippen LogP contribution is -2.30. The zero-order valence-corrected chi connectivity index (χ0v) is 16.1. The Hall–Kier alpha value is -3.09. The fourth-order valence-corrected chi connectivity index (χ4v) is 2.62. The summed E-state index contributed by atoms with van der Waals surface area (Å²) in [6, 6.07) is 10.6. The fraction of sp³-hybridized carbons (Fsp3) is 0.350. The molecular formula is C20H26N2O5. The van der Waals surface area contributed by atoms with Gasteiger partial charge in [0.15, 0.2) is 11.5 Å². The van der Waals surface area contributed by atoms with Crippen molar-refractivity contribution in [2.75, 3.05) is 39.8 Å². The van der Waals surface area contributed by atoms with Crippen molar-refractivity contribution < 1.29 is 23.7 Å². The van der Waals surface area contributed by atoms with E-state index in [1.54, 1.807) is 33.5 Å². The van der Waals surface area contributed by atoms with Gasteiger partial charge in [-0.25, -0.2) is 4.79 Å². The third-order valence-corrected chi connectivity index (χ3v) is 3.90. The summed E-state index contributed by atoms with van der Waals surface area (Å²) in [7, 11) is 4.74. The molecule has 0 saturated heterocycles. The molecule has 0 heterocycles. The smallest absolute Gasteiger partial charge is 0.319 e. The zero-order valence-electron chi connectivity index (χ0n) is 16.1. The van der Waals surface area contributed by atoms with E-state index in [9.17, 15) is 4.79 Å². The molecule has 0 aliphatic heterocycles. The van der Waals surface area contributed by atoms with Crippen molar-refractivity contribution in [1.29, 1.82) is 0 Å². The van der Waals surface area contributed by atoms with E-state index < -0.39 is 0 Å². The van der Waals surface area contributed by atoms with Gasteiger partial charge in [-0.1, -0.05) is 12.1 Å². The maximum atomic E-state index is 12.2. The van der Waals surface area contributed by atoms with Crippen molar-refractivity contribution in [2.24, 2.45) is 0 Å². The number of carbonyl (C=O) groups excluding carboxylic acids is 1. The second-order valence-corrected chi connectivity index (χ2v) is 5.58. The van der Waals surface area contributed by atoms with Gasteiger partial charge in [-0.2, -0.15) is 0 Å². The summed E-state index contributed by atoms with van der Waals surface area (Å²) in [5.41, 5.74) is 1.53. The molecule has 0 radical (unpaired) electrons. The van der Waals surface area contributed by atoms with Gasteiger partial charge in [0.2, 0.25) is 0 Å². The van der Waals surface area contributed by atoms with Crippen LogP contribution in [0.3, 0.4) is 0 Å². The summed E-state index contributed by atoms with van der Waals surface area (Å²) in [4.78, 5) is 12.2. The molecule has 7 heteroatoms. The molecule has 0 bridgehead atoms. The highest BCUT2D eigenvalue weighted by atomic mass is 16.5. The van der Waals surface area contributed by atoms with Crippen LogP contribution in [0.15, 0.2) is 36.4 Å². The third-order valence-electron chi connectivity index (χ3n) is 3.90. The molecule has 0 saturated carbocycles. The molecule has 0 fully saturated rings. The van der Waals surface area contributed by atoms with Gasteiger partial charge in [0.1, 0.15) is 11.5 Å². The molecule has 0 aliphatic rings.